The van der Waals surface area contributed by atoms with Crippen LogP contribution < -0.4 is 10.1 Å². The van der Waals surface area contributed by atoms with Crippen LogP contribution >= 0.6 is 0 Å². The number of hydrogen-bond donors (Lipinski definition) is 2. The fourth-order valence-electron chi connectivity index (χ4n) is 1.69. The summed E-state index contributed by atoms with van der Waals surface area (Å²) in [5, 5.41) is 11.6. The normalized spacial score (nSPS) is 12.2. The van der Waals surface area contributed by atoms with Gasteiger partial charge >= 0.3 is 5.97 Å². The van der Waals surface area contributed by atoms with E-state index in [0.29, 0.717) is 6.61 Å². The number of nitrogens with one attached hydrogen (secondary N) is 1. The van der Waals surface area contributed by atoms with E-state index in [1.54, 1.807) is 14.2 Å². The molecule has 0 spiro atoms. The molecule has 0 bridgehead atoms. The lowest BCUT2D eigenvalue weighted by Gasteiger charge is -2.15. The molecule has 5 nitrogen and oxygen atoms in total. The van der Waals surface area contributed by atoms with Crippen LogP contribution in [0.4, 0.5) is 0 Å². The molecule has 0 saturated heterocycles. The van der Waals surface area contributed by atoms with Gasteiger partial charge in [-0.1, -0.05) is 6.07 Å². The first kappa shape index (κ1) is 14.5. The largest absolute Gasteiger partial charge is 0.496 e. The average molecular weight is 253 g/mol. The molecule has 0 heterocycles. The molecule has 0 aliphatic heterocycles. The molecule has 100 valence electrons. The number of carboxylic acid groups (broad SMARTS) is 1. The van der Waals surface area contributed by atoms with Crippen molar-refractivity contribution >= 4 is 5.97 Å². The minimum Gasteiger partial charge on any atom is -0.496 e. The monoisotopic (exact) mass is 253 g/mol. The Morgan fingerprint density at radius 1 is 1.44 bits per heavy atom. The molecule has 1 aromatic rings. The van der Waals surface area contributed by atoms with E-state index < -0.39 is 5.97 Å². The zero-order valence-corrected chi connectivity index (χ0v) is 10.9. The van der Waals surface area contributed by atoms with Gasteiger partial charge in [0.05, 0.1) is 20.3 Å². The molecule has 0 amide bonds. The lowest BCUT2D eigenvalue weighted by molar-refractivity contribution is -0.136. The van der Waals surface area contributed by atoms with Gasteiger partial charge in [0.2, 0.25) is 0 Å². The van der Waals surface area contributed by atoms with E-state index in [-0.39, 0.29) is 12.6 Å². The number of aliphatic carboxylic acids is 1. The van der Waals surface area contributed by atoms with Crippen LogP contribution in [-0.4, -0.2) is 31.8 Å². The lowest BCUT2D eigenvalue weighted by Crippen LogP contribution is -2.25. The quantitative estimate of drug-likeness (QED) is 0.772. The van der Waals surface area contributed by atoms with E-state index in [9.17, 15) is 4.79 Å². The third-order valence-electron chi connectivity index (χ3n) is 2.66. The number of rotatable bonds is 7. The molecule has 1 rings (SSSR count). The summed E-state index contributed by atoms with van der Waals surface area (Å²) in [6.45, 7) is 2.32. The van der Waals surface area contributed by atoms with Crippen molar-refractivity contribution < 1.29 is 19.4 Å². The molecule has 1 aromatic carbocycles. The summed E-state index contributed by atoms with van der Waals surface area (Å²) in [6.07, 6.45) is 0. The predicted octanol–water partition coefficient (Wildman–Crippen LogP) is 1.58. The second-order valence-electron chi connectivity index (χ2n) is 4.00. The van der Waals surface area contributed by atoms with Crippen molar-refractivity contribution in [1.29, 1.82) is 0 Å². The van der Waals surface area contributed by atoms with E-state index in [0.717, 1.165) is 16.9 Å². The Kier molecular flexibility index (Phi) is 5.61. The highest BCUT2D eigenvalue weighted by Crippen LogP contribution is 2.23. The van der Waals surface area contributed by atoms with Gasteiger partial charge in [-0.15, -0.1) is 0 Å². The highest BCUT2D eigenvalue weighted by molar-refractivity contribution is 5.69. The predicted molar refractivity (Wildman–Crippen MR) is 67.8 cm³/mol. The SMILES string of the molecule is COCc1cc(C(C)NCC(=O)O)ccc1OC. The summed E-state index contributed by atoms with van der Waals surface area (Å²) in [4.78, 5) is 10.5. The first-order valence-corrected chi connectivity index (χ1v) is 5.69. The van der Waals surface area contributed by atoms with Crippen molar-refractivity contribution in [3.63, 3.8) is 0 Å². The molecule has 18 heavy (non-hydrogen) atoms. The second-order valence-corrected chi connectivity index (χ2v) is 4.00. The molecule has 5 heteroatoms. The third kappa shape index (κ3) is 4.01. The Hall–Kier alpha value is -1.59. The van der Waals surface area contributed by atoms with Crippen LogP contribution in [0.5, 0.6) is 5.75 Å². The number of ether oxygens (including phenoxy) is 2. The van der Waals surface area contributed by atoms with Gasteiger partial charge < -0.3 is 19.9 Å². The highest BCUT2D eigenvalue weighted by Gasteiger charge is 2.10. The maximum atomic E-state index is 10.5. The number of benzene rings is 1. The smallest absolute Gasteiger partial charge is 0.317 e. The fraction of sp³-hybridized carbons (Fsp3) is 0.462. The van der Waals surface area contributed by atoms with Gasteiger partial charge in [-0.05, 0) is 24.6 Å². The lowest BCUT2D eigenvalue weighted by atomic mass is 10.0. The number of methoxy groups -OCH3 is 2. The highest BCUT2D eigenvalue weighted by atomic mass is 16.5. The van der Waals surface area contributed by atoms with E-state index in [1.165, 1.54) is 0 Å². The second kappa shape index (κ2) is 6.98. The molecule has 0 aromatic heterocycles. The van der Waals surface area contributed by atoms with Gasteiger partial charge in [0.15, 0.2) is 0 Å². The standard InChI is InChI=1S/C13H19NO4/c1-9(14-7-13(15)16)10-4-5-12(18-3)11(6-10)8-17-2/h4-6,9,14H,7-8H2,1-3H3,(H,15,16). The van der Waals surface area contributed by atoms with E-state index in [4.69, 9.17) is 14.6 Å². The molecule has 0 fully saturated rings. The van der Waals surface area contributed by atoms with Crippen LogP contribution in [0.15, 0.2) is 18.2 Å². The molecule has 0 aliphatic carbocycles. The first-order chi connectivity index (χ1) is 8.58. The van der Waals surface area contributed by atoms with Crippen LogP contribution in [0.2, 0.25) is 0 Å². The average Bonchev–Trinajstić information content (AvgIpc) is 2.36. The fourth-order valence-corrected chi connectivity index (χ4v) is 1.69. The summed E-state index contributed by atoms with van der Waals surface area (Å²) in [5.41, 5.74) is 1.95. The summed E-state index contributed by atoms with van der Waals surface area (Å²) >= 11 is 0. The zero-order valence-electron chi connectivity index (χ0n) is 10.9. The maximum Gasteiger partial charge on any atom is 0.317 e. The minimum atomic E-state index is -0.868. The van der Waals surface area contributed by atoms with Crippen molar-refractivity contribution in [3.8, 4) is 5.75 Å². The first-order valence-electron chi connectivity index (χ1n) is 5.69. The Labute approximate surface area is 107 Å². The molecule has 2 N–H and O–H groups in total. The van der Waals surface area contributed by atoms with Gasteiger partial charge in [-0.2, -0.15) is 0 Å². The molecular weight excluding hydrogens is 234 g/mol. The Bertz CT molecular complexity index is 406. The Morgan fingerprint density at radius 2 is 2.17 bits per heavy atom. The van der Waals surface area contributed by atoms with Crippen molar-refractivity contribution in [1.82, 2.24) is 5.32 Å². The summed E-state index contributed by atoms with van der Waals surface area (Å²) < 4.78 is 10.3. The van der Waals surface area contributed by atoms with Crippen molar-refractivity contribution in [2.45, 2.75) is 19.6 Å². The van der Waals surface area contributed by atoms with Crippen molar-refractivity contribution in [2.75, 3.05) is 20.8 Å². The van der Waals surface area contributed by atoms with E-state index >= 15 is 0 Å². The number of hydrogen-bond acceptors (Lipinski definition) is 4. The van der Waals surface area contributed by atoms with Crippen LogP contribution in [-0.2, 0) is 16.1 Å². The van der Waals surface area contributed by atoms with Crippen LogP contribution in [0.3, 0.4) is 0 Å². The van der Waals surface area contributed by atoms with E-state index in [2.05, 4.69) is 5.32 Å². The van der Waals surface area contributed by atoms with Crippen LogP contribution in [0, 0.1) is 0 Å². The summed E-state index contributed by atoms with van der Waals surface area (Å²) in [6, 6.07) is 5.70. The van der Waals surface area contributed by atoms with Gasteiger partial charge in [-0.25, -0.2) is 0 Å². The third-order valence-corrected chi connectivity index (χ3v) is 2.66. The maximum absolute atomic E-state index is 10.5. The molecule has 1 atom stereocenters. The molecule has 1 unspecified atom stereocenters. The minimum absolute atomic E-state index is 0.0392. The molecule has 0 aliphatic rings. The summed E-state index contributed by atoms with van der Waals surface area (Å²) in [7, 11) is 3.23. The summed E-state index contributed by atoms with van der Waals surface area (Å²) in [5.74, 6) is -0.0986. The number of carbonyl (C=O) groups is 1. The van der Waals surface area contributed by atoms with Crippen LogP contribution in [0.1, 0.15) is 24.1 Å². The van der Waals surface area contributed by atoms with Gasteiger partial charge in [0.1, 0.15) is 5.75 Å². The number of carboxylic acids is 1. The van der Waals surface area contributed by atoms with Gasteiger partial charge in [0.25, 0.3) is 0 Å². The Balaban J connectivity index is 2.82. The molecule has 0 saturated carbocycles. The van der Waals surface area contributed by atoms with E-state index in [1.807, 2.05) is 25.1 Å². The van der Waals surface area contributed by atoms with Gasteiger partial charge in [0, 0.05) is 18.7 Å². The van der Waals surface area contributed by atoms with Crippen LogP contribution in [0.25, 0.3) is 0 Å². The molecule has 0 radical (unpaired) electrons. The Morgan fingerprint density at radius 3 is 2.72 bits per heavy atom. The molecular formula is C13H19NO4. The van der Waals surface area contributed by atoms with Gasteiger partial charge in [-0.3, -0.25) is 4.79 Å². The van der Waals surface area contributed by atoms with Crippen molar-refractivity contribution in [3.05, 3.63) is 29.3 Å². The zero-order chi connectivity index (χ0) is 13.5. The van der Waals surface area contributed by atoms with Crippen molar-refractivity contribution in [2.24, 2.45) is 0 Å². The topological polar surface area (TPSA) is 67.8 Å².